The van der Waals surface area contributed by atoms with Gasteiger partial charge in [-0.25, -0.2) is 0 Å². The zero-order valence-corrected chi connectivity index (χ0v) is 13.8. The first-order valence-corrected chi connectivity index (χ1v) is 7.47. The molecule has 120 valence electrons. The molecular weight excluding hydrogens is 306 g/mol. The number of aromatic hydroxyl groups is 1. The highest BCUT2D eigenvalue weighted by Gasteiger charge is 2.54. The van der Waals surface area contributed by atoms with Gasteiger partial charge in [-0.2, -0.15) is 0 Å². The summed E-state index contributed by atoms with van der Waals surface area (Å²) in [7, 11) is -0.756. The van der Waals surface area contributed by atoms with E-state index in [4.69, 9.17) is 20.9 Å². The Morgan fingerprint density at radius 3 is 2.27 bits per heavy atom. The summed E-state index contributed by atoms with van der Waals surface area (Å²) < 4.78 is 11.9. The first kappa shape index (κ1) is 17.1. The van der Waals surface area contributed by atoms with Crippen LogP contribution in [-0.4, -0.2) is 34.5 Å². The highest BCUT2D eigenvalue weighted by atomic mass is 35.5. The number of halogens is 1. The highest BCUT2D eigenvalue weighted by molar-refractivity contribution is 6.48. The monoisotopic (exact) mass is 326 g/mol. The lowest BCUT2D eigenvalue weighted by atomic mass is 9.66. The highest BCUT2D eigenvalue weighted by Crippen LogP contribution is 2.43. The summed E-state index contributed by atoms with van der Waals surface area (Å²) in [4.78, 5) is 11.2. The average Bonchev–Trinajstić information content (AvgIpc) is 2.56. The molecule has 0 radical (unpaired) electrons. The Kier molecular flexibility index (Phi) is 4.48. The maximum atomic E-state index is 11.2. The number of carboxylic acid groups (broad SMARTS) is 1. The maximum absolute atomic E-state index is 11.2. The molecule has 1 aliphatic rings. The quantitative estimate of drug-likeness (QED) is 0.831. The predicted octanol–water partition coefficient (Wildman–Crippen LogP) is 3.24. The number of hydrogen-bond donors (Lipinski definition) is 2. The van der Waals surface area contributed by atoms with E-state index in [9.17, 15) is 15.0 Å². The van der Waals surface area contributed by atoms with Gasteiger partial charge in [0.1, 0.15) is 5.75 Å². The molecule has 1 unspecified atom stereocenters. The van der Waals surface area contributed by atoms with Crippen molar-refractivity contribution in [1.29, 1.82) is 0 Å². The van der Waals surface area contributed by atoms with Crippen molar-refractivity contribution in [3.63, 3.8) is 0 Å². The number of carbonyl (C=O) groups is 1. The number of rotatable bonds is 4. The van der Waals surface area contributed by atoms with Crippen molar-refractivity contribution in [2.45, 2.75) is 51.1 Å². The minimum atomic E-state index is -0.992. The van der Waals surface area contributed by atoms with Crippen molar-refractivity contribution < 1.29 is 24.3 Å². The fraction of sp³-hybridized carbons (Fsp3) is 0.533. The summed E-state index contributed by atoms with van der Waals surface area (Å²) >= 11 is 5.84. The smallest absolute Gasteiger partial charge is 0.466 e. The first-order valence-electron chi connectivity index (χ1n) is 7.09. The number of benzene rings is 1. The lowest BCUT2D eigenvalue weighted by molar-refractivity contribution is -0.137. The molecule has 0 bridgehead atoms. The Hall–Kier alpha value is -1.24. The van der Waals surface area contributed by atoms with Gasteiger partial charge in [0.25, 0.3) is 0 Å². The van der Waals surface area contributed by atoms with Gasteiger partial charge in [0.2, 0.25) is 0 Å². The molecule has 0 spiro atoms. The average molecular weight is 327 g/mol. The minimum absolute atomic E-state index is 0.0616. The summed E-state index contributed by atoms with van der Waals surface area (Å²) in [5, 5.41) is 19.7. The molecule has 0 amide bonds. The van der Waals surface area contributed by atoms with Gasteiger partial charge in [0.15, 0.2) is 0 Å². The third-order valence-corrected chi connectivity index (χ3v) is 4.62. The number of phenolic OH excluding ortho intramolecular Hbond substituents is 1. The number of phenols is 1. The van der Waals surface area contributed by atoms with Gasteiger partial charge in [-0.15, -0.1) is 0 Å². The standard InChI is InChI=1S/C15H20BClO5/c1-14(2)15(3,4)22-16(21-14)11(8-13(19)20)10-6-5-9(17)7-12(10)18/h5-7,11,18H,8H2,1-4H3,(H,19,20). The van der Waals surface area contributed by atoms with Crippen molar-refractivity contribution in [2.75, 3.05) is 0 Å². The zero-order chi connectivity index (χ0) is 16.7. The van der Waals surface area contributed by atoms with Crippen molar-refractivity contribution in [3.8, 4) is 5.75 Å². The molecule has 1 aromatic rings. The Labute approximate surface area is 135 Å². The molecule has 7 heteroatoms. The van der Waals surface area contributed by atoms with Gasteiger partial charge < -0.3 is 19.5 Å². The van der Waals surface area contributed by atoms with Gasteiger partial charge in [0.05, 0.1) is 17.6 Å². The van der Waals surface area contributed by atoms with E-state index in [2.05, 4.69) is 0 Å². The van der Waals surface area contributed by atoms with E-state index < -0.39 is 30.1 Å². The maximum Gasteiger partial charge on any atom is 0.466 e. The van der Waals surface area contributed by atoms with Crippen LogP contribution in [0.2, 0.25) is 5.02 Å². The summed E-state index contributed by atoms with van der Waals surface area (Å²) in [6.07, 6.45) is -0.216. The van der Waals surface area contributed by atoms with Crippen LogP contribution >= 0.6 is 11.6 Å². The van der Waals surface area contributed by atoms with E-state index in [-0.39, 0.29) is 12.2 Å². The van der Waals surface area contributed by atoms with Gasteiger partial charge in [-0.3, -0.25) is 4.79 Å². The molecule has 0 saturated carbocycles. The van der Waals surface area contributed by atoms with Crippen molar-refractivity contribution in [3.05, 3.63) is 28.8 Å². The van der Waals surface area contributed by atoms with Crippen molar-refractivity contribution >= 4 is 24.7 Å². The van der Waals surface area contributed by atoms with Crippen LogP contribution < -0.4 is 0 Å². The van der Waals surface area contributed by atoms with Crippen LogP contribution in [0.1, 0.15) is 45.5 Å². The second kappa shape index (κ2) is 5.76. The van der Waals surface area contributed by atoms with Crippen molar-refractivity contribution in [2.24, 2.45) is 0 Å². The number of aliphatic carboxylic acids is 1. The largest absolute Gasteiger partial charge is 0.508 e. The van der Waals surface area contributed by atoms with E-state index in [1.165, 1.54) is 6.07 Å². The van der Waals surface area contributed by atoms with Gasteiger partial charge in [-0.1, -0.05) is 17.7 Å². The molecule has 1 atom stereocenters. The Bertz CT molecular complexity index is 571. The molecule has 1 saturated heterocycles. The summed E-state index contributed by atoms with van der Waals surface area (Å²) in [6, 6.07) is 4.60. The van der Waals surface area contributed by atoms with Gasteiger partial charge in [-0.05, 0) is 45.4 Å². The Morgan fingerprint density at radius 2 is 1.82 bits per heavy atom. The molecule has 2 rings (SSSR count). The van der Waals surface area contributed by atoms with Crippen LogP contribution in [0.5, 0.6) is 5.75 Å². The van der Waals surface area contributed by atoms with Crippen LogP contribution in [0.15, 0.2) is 18.2 Å². The fourth-order valence-corrected chi connectivity index (χ4v) is 2.59. The fourth-order valence-electron chi connectivity index (χ4n) is 2.42. The minimum Gasteiger partial charge on any atom is -0.508 e. The third kappa shape index (κ3) is 3.24. The third-order valence-electron chi connectivity index (χ3n) is 4.39. The van der Waals surface area contributed by atoms with E-state index in [1.807, 2.05) is 27.7 Å². The number of carboxylic acids is 1. The molecule has 5 nitrogen and oxygen atoms in total. The lowest BCUT2D eigenvalue weighted by Gasteiger charge is -2.32. The van der Waals surface area contributed by atoms with Gasteiger partial charge in [0, 0.05) is 10.8 Å². The lowest BCUT2D eigenvalue weighted by Crippen LogP contribution is -2.41. The van der Waals surface area contributed by atoms with Crippen LogP contribution in [0.25, 0.3) is 0 Å². The van der Waals surface area contributed by atoms with Gasteiger partial charge >= 0.3 is 13.1 Å². The summed E-state index contributed by atoms with van der Waals surface area (Å²) in [5.74, 6) is -1.68. The van der Waals surface area contributed by atoms with E-state index >= 15 is 0 Å². The molecule has 1 aliphatic heterocycles. The first-order chi connectivity index (χ1) is 10.0. The van der Waals surface area contributed by atoms with E-state index in [0.717, 1.165) is 0 Å². The molecular formula is C15H20BClO5. The predicted molar refractivity (Wildman–Crippen MR) is 84.2 cm³/mol. The molecule has 1 fully saturated rings. The van der Waals surface area contributed by atoms with Crippen LogP contribution in [0, 0.1) is 0 Å². The molecule has 0 aliphatic carbocycles. The van der Waals surface area contributed by atoms with Crippen LogP contribution in [-0.2, 0) is 14.1 Å². The van der Waals surface area contributed by atoms with Crippen molar-refractivity contribution in [1.82, 2.24) is 0 Å². The van der Waals surface area contributed by atoms with Crippen LogP contribution in [0.4, 0.5) is 0 Å². The van der Waals surface area contributed by atoms with E-state index in [1.54, 1.807) is 12.1 Å². The Morgan fingerprint density at radius 1 is 1.27 bits per heavy atom. The second-order valence-corrected chi connectivity index (χ2v) is 6.97. The van der Waals surface area contributed by atoms with E-state index in [0.29, 0.717) is 10.6 Å². The molecule has 1 heterocycles. The molecule has 2 N–H and O–H groups in total. The normalized spacial score (nSPS) is 20.9. The molecule has 1 aromatic carbocycles. The topological polar surface area (TPSA) is 76.0 Å². The Balaban J connectivity index is 2.38. The number of hydrogen-bond acceptors (Lipinski definition) is 4. The zero-order valence-electron chi connectivity index (χ0n) is 13.1. The SMILES string of the molecule is CC1(C)OB(C(CC(=O)O)c2ccc(Cl)cc2O)OC1(C)C. The molecule has 0 aromatic heterocycles. The van der Waals surface area contributed by atoms with Crippen LogP contribution in [0.3, 0.4) is 0 Å². The molecule has 22 heavy (non-hydrogen) atoms. The summed E-state index contributed by atoms with van der Waals surface area (Å²) in [6.45, 7) is 7.58. The summed E-state index contributed by atoms with van der Waals surface area (Å²) in [5.41, 5.74) is -0.697. The second-order valence-electron chi connectivity index (χ2n) is 6.53.